The van der Waals surface area contributed by atoms with E-state index in [1.54, 1.807) is 14.2 Å². The first kappa shape index (κ1) is 20.1. The molecule has 5 unspecified atom stereocenters. The minimum Gasteiger partial charge on any atom is -0.354 e. The van der Waals surface area contributed by atoms with Crippen molar-refractivity contribution >= 4 is 10.8 Å². The lowest BCUT2D eigenvalue weighted by atomic mass is 9.73. The van der Waals surface area contributed by atoms with Crippen molar-refractivity contribution in [2.24, 2.45) is 11.8 Å². The lowest BCUT2D eigenvalue weighted by Gasteiger charge is -2.41. The van der Waals surface area contributed by atoms with Crippen LogP contribution in [-0.2, 0) is 20.3 Å². The van der Waals surface area contributed by atoms with Crippen molar-refractivity contribution in [2.75, 3.05) is 14.2 Å². The number of hydrogen-bond donors (Lipinski definition) is 0. The Labute approximate surface area is 154 Å². The van der Waals surface area contributed by atoms with Crippen molar-refractivity contribution in [1.29, 1.82) is 5.26 Å². The highest BCUT2D eigenvalue weighted by Crippen LogP contribution is 2.47. The number of nitriles is 1. The maximum absolute atomic E-state index is 13.0. The van der Waals surface area contributed by atoms with Gasteiger partial charge in [-0.25, -0.2) is 0 Å². The Hall–Kier alpha value is -1.22. The van der Waals surface area contributed by atoms with Crippen LogP contribution in [0.15, 0.2) is 29.2 Å². The zero-order valence-electron chi connectivity index (χ0n) is 15.6. The van der Waals surface area contributed by atoms with E-state index in [2.05, 4.69) is 19.9 Å². The molecule has 5 atom stereocenters. The molecule has 4 nitrogen and oxygen atoms in total. The van der Waals surface area contributed by atoms with Gasteiger partial charge in [0.1, 0.15) is 5.92 Å². The number of unbranched alkanes of at least 4 members (excludes halogenated alkanes) is 2. The van der Waals surface area contributed by atoms with Crippen molar-refractivity contribution in [3.8, 4) is 6.07 Å². The van der Waals surface area contributed by atoms with E-state index in [1.807, 2.05) is 24.3 Å². The van der Waals surface area contributed by atoms with E-state index in [0.717, 1.165) is 36.1 Å². The summed E-state index contributed by atoms with van der Waals surface area (Å²) in [6.07, 6.45) is 3.77. The first-order valence-electron chi connectivity index (χ1n) is 9.05. The number of hydrogen-bond acceptors (Lipinski definition) is 4. The van der Waals surface area contributed by atoms with E-state index in [1.165, 1.54) is 0 Å². The van der Waals surface area contributed by atoms with Gasteiger partial charge in [-0.15, -0.1) is 0 Å². The Kier molecular flexibility index (Phi) is 7.61. The molecule has 1 aromatic carbocycles. The van der Waals surface area contributed by atoms with Gasteiger partial charge in [0.2, 0.25) is 0 Å². The molecule has 5 heteroatoms. The van der Waals surface area contributed by atoms with Gasteiger partial charge in [-0.05, 0) is 24.0 Å². The summed E-state index contributed by atoms with van der Waals surface area (Å²) < 4.78 is 23.9. The number of rotatable bonds is 8. The molecule has 0 N–H and O–H groups in total. The number of nitrogens with zero attached hydrogens (tertiary/aromatic N) is 1. The average molecular weight is 364 g/mol. The van der Waals surface area contributed by atoms with Gasteiger partial charge < -0.3 is 9.47 Å². The van der Waals surface area contributed by atoms with Gasteiger partial charge in [0.25, 0.3) is 0 Å². The van der Waals surface area contributed by atoms with Gasteiger partial charge in [-0.2, -0.15) is 5.26 Å². The molecule has 1 aliphatic heterocycles. The normalized spacial score (nSPS) is 26.9. The van der Waals surface area contributed by atoms with Crippen LogP contribution in [0, 0.1) is 23.2 Å². The second-order valence-corrected chi connectivity index (χ2v) is 8.50. The number of ether oxygens (including phenoxy) is 2. The summed E-state index contributed by atoms with van der Waals surface area (Å²) >= 11 is 0. The van der Waals surface area contributed by atoms with Crippen molar-refractivity contribution < 1.29 is 13.7 Å². The topological polar surface area (TPSA) is 59.3 Å². The molecule has 1 aliphatic rings. The Morgan fingerprint density at radius 3 is 2.52 bits per heavy atom. The molecule has 0 saturated heterocycles. The van der Waals surface area contributed by atoms with E-state index >= 15 is 0 Å². The van der Waals surface area contributed by atoms with E-state index in [4.69, 9.17) is 9.47 Å². The molecular formula is C20H29NO3S. The molecule has 138 valence electrons. The quantitative estimate of drug-likeness (QED) is 0.512. The first-order chi connectivity index (χ1) is 12.1. The molecule has 0 aromatic heterocycles. The lowest BCUT2D eigenvalue weighted by Crippen LogP contribution is -2.41. The first-order valence-corrected chi connectivity index (χ1v) is 10.3. The highest BCUT2D eigenvalue weighted by molar-refractivity contribution is 7.85. The molecule has 0 bridgehead atoms. The smallest absolute Gasteiger partial charge is 0.173 e. The van der Waals surface area contributed by atoms with Crippen LogP contribution < -0.4 is 0 Å². The van der Waals surface area contributed by atoms with Gasteiger partial charge >= 0.3 is 0 Å². The molecule has 0 radical (unpaired) electrons. The average Bonchev–Trinajstić information content (AvgIpc) is 2.64. The Balaban J connectivity index is 2.49. The van der Waals surface area contributed by atoms with Crippen LogP contribution in [0.25, 0.3) is 0 Å². The molecule has 1 aromatic rings. The fourth-order valence-electron chi connectivity index (χ4n) is 4.02. The van der Waals surface area contributed by atoms with E-state index in [-0.39, 0.29) is 17.1 Å². The van der Waals surface area contributed by atoms with Gasteiger partial charge in [0.05, 0.1) is 16.9 Å². The van der Waals surface area contributed by atoms with Crippen LogP contribution in [0.2, 0.25) is 0 Å². The second-order valence-electron chi connectivity index (χ2n) is 6.72. The Morgan fingerprint density at radius 2 is 1.92 bits per heavy atom. The SMILES string of the molecule is CCCCCC1C(C(C#N)C(OC)OC)c2ccccc2S(=O)C1C. The lowest BCUT2D eigenvalue weighted by molar-refractivity contribution is -0.133. The van der Waals surface area contributed by atoms with Gasteiger partial charge in [0.15, 0.2) is 6.29 Å². The minimum absolute atomic E-state index is 0.0157. The standard InChI is InChI=1S/C20H29NO3S/c1-5-6-7-10-15-14(2)25(22)18-12-9-8-11-16(18)19(15)17(13-21)20(23-3)24-4/h8-9,11-12,14-15,17,19-20H,5-7,10H2,1-4H3. The fourth-order valence-corrected chi connectivity index (χ4v) is 5.70. The monoisotopic (exact) mass is 363 g/mol. The van der Waals surface area contributed by atoms with Crippen LogP contribution >= 0.6 is 0 Å². The molecule has 0 aliphatic carbocycles. The summed E-state index contributed by atoms with van der Waals surface area (Å²) in [6, 6.07) is 10.3. The third-order valence-electron chi connectivity index (χ3n) is 5.33. The van der Waals surface area contributed by atoms with Crippen LogP contribution in [0.3, 0.4) is 0 Å². The van der Waals surface area contributed by atoms with Crippen LogP contribution in [0.4, 0.5) is 0 Å². The number of methoxy groups -OCH3 is 2. The van der Waals surface area contributed by atoms with E-state index in [0.29, 0.717) is 0 Å². The third-order valence-corrected chi connectivity index (χ3v) is 7.16. The molecular weight excluding hydrogens is 334 g/mol. The Morgan fingerprint density at radius 1 is 1.24 bits per heavy atom. The third kappa shape index (κ3) is 4.13. The fraction of sp³-hybridized carbons (Fsp3) is 0.650. The predicted octanol–water partition coefficient (Wildman–Crippen LogP) is 4.24. The summed E-state index contributed by atoms with van der Waals surface area (Å²) in [5, 5.41) is 9.91. The number of fused-ring (bicyclic) bond motifs is 1. The molecule has 1 heterocycles. The molecule has 0 spiro atoms. The summed E-state index contributed by atoms with van der Waals surface area (Å²) in [6.45, 7) is 4.23. The van der Waals surface area contributed by atoms with Crippen molar-refractivity contribution in [3.63, 3.8) is 0 Å². The summed E-state index contributed by atoms with van der Waals surface area (Å²) in [7, 11) is 2.10. The summed E-state index contributed by atoms with van der Waals surface area (Å²) in [4.78, 5) is 0.859. The molecule has 25 heavy (non-hydrogen) atoms. The molecule has 0 amide bonds. The minimum atomic E-state index is -1.04. The van der Waals surface area contributed by atoms with Gasteiger partial charge in [0, 0.05) is 30.3 Å². The summed E-state index contributed by atoms with van der Waals surface area (Å²) in [5.74, 6) is -0.280. The Bertz CT molecular complexity index is 624. The zero-order chi connectivity index (χ0) is 18.4. The molecule has 0 fully saturated rings. The largest absolute Gasteiger partial charge is 0.354 e. The van der Waals surface area contributed by atoms with Crippen LogP contribution in [0.5, 0.6) is 0 Å². The van der Waals surface area contributed by atoms with Crippen LogP contribution in [-0.4, -0.2) is 30.0 Å². The zero-order valence-corrected chi connectivity index (χ0v) is 16.4. The van der Waals surface area contributed by atoms with Gasteiger partial charge in [-0.1, -0.05) is 51.3 Å². The number of benzene rings is 1. The molecule has 0 saturated carbocycles. The highest BCUT2D eigenvalue weighted by Gasteiger charge is 2.45. The van der Waals surface area contributed by atoms with Crippen molar-refractivity contribution in [1.82, 2.24) is 0 Å². The van der Waals surface area contributed by atoms with E-state index < -0.39 is 23.0 Å². The second kappa shape index (κ2) is 9.47. The van der Waals surface area contributed by atoms with Crippen LogP contribution in [0.1, 0.15) is 51.0 Å². The molecule has 2 rings (SSSR count). The predicted molar refractivity (Wildman–Crippen MR) is 99.6 cm³/mol. The maximum atomic E-state index is 13.0. The maximum Gasteiger partial charge on any atom is 0.173 e. The highest BCUT2D eigenvalue weighted by atomic mass is 32.2. The van der Waals surface area contributed by atoms with E-state index in [9.17, 15) is 9.47 Å². The summed E-state index contributed by atoms with van der Waals surface area (Å²) in [5.41, 5.74) is 1.02. The van der Waals surface area contributed by atoms with Crippen molar-refractivity contribution in [2.45, 2.75) is 61.9 Å². The van der Waals surface area contributed by atoms with Gasteiger partial charge in [-0.3, -0.25) is 4.21 Å². The van der Waals surface area contributed by atoms with Crippen molar-refractivity contribution in [3.05, 3.63) is 29.8 Å².